The molecule has 0 rings (SSSR count). The molecule has 0 atom stereocenters. The van der Waals surface area contributed by atoms with E-state index >= 15 is 0 Å². The largest absolute Gasteiger partial charge is 1.00 e. The van der Waals surface area contributed by atoms with Gasteiger partial charge in [-0.2, -0.15) is 0 Å². The van der Waals surface area contributed by atoms with Crippen LogP contribution in [0, 0.1) is 0 Å². The molecule has 0 amide bonds. The van der Waals surface area contributed by atoms with E-state index < -0.39 is 0 Å². The third kappa shape index (κ3) is 21.1. The molecule has 0 saturated heterocycles. The zero-order valence-corrected chi connectivity index (χ0v) is 4.79. The molecule has 0 N–H and O–H groups in total. The van der Waals surface area contributed by atoms with Crippen LogP contribution in [0.2, 0.25) is 0 Å². The summed E-state index contributed by atoms with van der Waals surface area (Å²) in [6, 6.07) is 0. The maximum Gasteiger partial charge on any atom is 0 e. The molecule has 0 bridgehead atoms. The van der Waals surface area contributed by atoms with E-state index in [0.29, 0.717) is 0 Å². The Hall–Kier alpha value is 0.530. The molecule has 0 aromatic carbocycles. The summed E-state index contributed by atoms with van der Waals surface area (Å²) < 4.78 is 0. The number of halogens is 3. The van der Waals surface area contributed by atoms with Crippen molar-refractivity contribution in [2.24, 2.45) is 0 Å². The summed E-state index contributed by atoms with van der Waals surface area (Å²) in [6.45, 7) is 0. The molecule has 1 radical (unpaired) electrons. The van der Waals surface area contributed by atoms with Gasteiger partial charge in [-0.25, -0.2) is 0 Å². The van der Waals surface area contributed by atoms with Gasteiger partial charge in [0.05, 0.1) is 0 Å². The van der Waals surface area contributed by atoms with Gasteiger partial charge in [-0.05, 0) is 0 Å². The van der Waals surface area contributed by atoms with Crippen molar-refractivity contribution < 1.29 is 36.5 Å². The van der Waals surface area contributed by atoms with E-state index in [1.54, 1.807) is 0 Å². The molecule has 0 unspecified atom stereocenters. The van der Waals surface area contributed by atoms with Crippen LogP contribution >= 0.6 is 0 Å². The molecule has 0 aliphatic carbocycles. The maximum atomic E-state index is 0. The Morgan fingerprint density at radius 1 is 0.500 bits per heavy atom. The normalized spacial score (nSPS) is 0. The molecule has 0 aromatic heterocycles. The van der Waals surface area contributed by atoms with Crippen molar-refractivity contribution >= 4 is 0 Å². The Kier molecular flexibility index (Phi) is 4040. The Balaban J connectivity index is 0. The van der Waals surface area contributed by atoms with Gasteiger partial charge in [0.1, 0.15) is 0 Å². The van der Waals surface area contributed by atoms with Gasteiger partial charge in [0, 0.05) is 22.4 Å². The molecule has 0 aliphatic rings. The fraction of sp³-hybridized carbons (Fsp3) is 0. The van der Waals surface area contributed by atoms with Crippen LogP contribution in [-0.4, -0.2) is 0 Å². The van der Waals surface area contributed by atoms with Crippen LogP contribution in [0.1, 0.15) is 0 Å². The van der Waals surface area contributed by atoms with Gasteiger partial charge in [-0.1, -0.05) is 0 Å². The second-order valence-corrected chi connectivity index (χ2v) is 0. The molecule has 0 fully saturated rings. The average molecular weight is 238 g/mol. The van der Waals surface area contributed by atoms with Crippen LogP contribution in [-0.2, 0) is 22.4 Å². The van der Waals surface area contributed by atoms with E-state index in [9.17, 15) is 0 Å². The first-order valence-corrected chi connectivity index (χ1v) is 0. The third-order valence-corrected chi connectivity index (χ3v) is 0. The van der Waals surface area contributed by atoms with Crippen molar-refractivity contribution in [2.45, 2.75) is 0 Å². The molecule has 0 aliphatic heterocycles. The second-order valence-electron chi connectivity index (χ2n) is 0. The first-order valence-electron chi connectivity index (χ1n) is 0. The molecule has 0 spiro atoms. The summed E-state index contributed by atoms with van der Waals surface area (Å²) in [7, 11) is 0. The van der Waals surface area contributed by atoms with Gasteiger partial charge in [-0.15, -0.1) is 0 Å². The predicted molar refractivity (Wildman–Crippen MR) is 0 cm³/mol. The molecular weight excluding hydrogens is 238 g/mol. The molecule has 0 nitrogen and oxygen atoms in total. The maximum absolute atomic E-state index is 0. The fourth-order valence-electron chi connectivity index (χ4n) is 0. The quantitative estimate of drug-likeness (QED) is 0.393. The number of hydrogen-bond donors (Lipinski definition) is 0. The van der Waals surface area contributed by atoms with Crippen LogP contribution < -0.4 is 14.1 Å². The van der Waals surface area contributed by atoms with Gasteiger partial charge in [-0.3, -0.25) is 0 Å². The van der Waals surface area contributed by atoms with Crippen LogP contribution in [0.25, 0.3) is 0 Å². The van der Waals surface area contributed by atoms with E-state index in [1.165, 1.54) is 0 Å². The molecule has 0 aromatic rings. The summed E-state index contributed by atoms with van der Waals surface area (Å²) in [5.74, 6) is 0. The van der Waals surface area contributed by atoms with Crippen molar-refractivity contribution in [3.05, 3.63) is 0 Å². The minimum absolute atomic E-state index is 0. The van der Waals surface area contributed by atoms with E-state index in [0.717, 1.165) is 0 Å². The van der Waals surface area contributed by atoms with Gasteiger partial charge < -0.3 is 14.1 Å². The molecule has 0 saturated carbocycles. The zero-order chi connectivity index (χ0) is 0. The zero-order valence-electron chi connectivity index (χ0n) is 1.58. The van der Waals surface area contributed by atoms with Crippen LogP contribution in [0.15, 0.2) is 0 Å². The van der Waals surface area contributed by atoms with Crippen LogP contribution in [0.5, 0.6) is 0 Å². The fourth-order valence-corrected chi connectivity index (χ4v) is 0. The minimum Gasteiger partial charge on any atom is -1.00 e. The summed E-state index contributed by atoms with van der Waals surface area (Å²) in [5.41, 5.74) is 0. The van der Waals surface area contributed by atoms with E-state index in [2.05, 4.69) is 0 Å². The topological polar surface area (TPSA) is 0 Å². The smallest absolute Gasteiger partial charge is 0 e. The Bertz CT molecular complexity index is 3.25. The first-order chi connectivity index (χ1) is 0. The van der Waals surface area contributed by atoms with Gasteiger partial charge in [0.15, 0.2) is 0 Å². The van der Waals surface area contributed by atoms with E-state index in [-0.39, 0.29) is 36.5 Å². The first kappa shape index (κ1) is 201. The second kappa shape index (κ2) is 80.4. The standard InChI is InChI=1S/3FH.Ta/h3*1H;/p-3. The number of hydrogen-bond acceptors (Lipinski definition) is 0. The summed E-state index contributed by atoms with van der Waals surface area (Å²) in [5, 5.41) is 0. The average Bonchev–Trinajstić information content (AvgIpc) is 0. The third-order valence-electron chi connectivity index (χ3n) is 0. The van der Waals surface area contributed by atoms with Gasteiger partial charge in [0.25, 0.3) is 0 Å². The summed E-state index contributed by atoms with van der Waals surface area (Å²) >= 11 is 0. The SMILES string of the molecule is [F-].[F-].[F-].[Ta]. The van der Waals surface area contributed by atoms with Gasteiger partial charge in [0.2, 0.25) is 0 Å². The van der Waals surface area contributed by atoms with Crippen molar-refractivity contribution in [3.63, 3.8) is 0 Å². The van der Waals surface area contributed by atoms with Crippen molar-refractivity contribution in [2.75, 3.05) is 0 Å². The van der Waals surface area contributed by atoms with Crippen molar-refractivity contribution in [1.82, 2.24) is 0 Å². The Morgan fingerprint density at radius 3 is 0.500 bits per heavy atom. The van der Waals surface area contributed by atoms with Crippen molar-refractivity contribution in [3.8, 4) is 0 Å². The Morgan fingerprint density at radius 2 is 0.500 bits per heavy atom. The molecule has 4 heavy (non-hydrogen) atoms. The van der Waals surface area contributed by atoms with Gasteiger partial charge >= 0.3 is 0 Å². The van der Waals surface area contributed by atoms with Crippen LogP contribution in [0.3, 0.4) is 0 Å². The monoisotopic (exact) mass is 238 g/mol. The minimum atomic E-state index is 0. The van der Waals surface area contributed by atoms with Crippen LogP contribution in [0.4, 0.5) is 0 Å². The predicted octanol–water partition coefficient (Wildman–Crippen LogP) is -8.99. The summed E-state index contributed by atoms with van der Waals surface area (Å²) in [4.78, 5) is 0. The molecular formula is F3Ta-3. The molecule has 0 heterocycles. The van der Waals surface area contributed by atoms with E-state index in [1.807, 2.05) is 0 Å². The molecule has 4 heteroatoms. The van der Waals surface area contributed by atoms with E-state index in [4.69, 9.17) is 0 Å². The van der Waals surface area contributed by atoms with Crippen molar-refractivity contribution in [1.29, 1.82) is 0 Å². The Labute approximate surface area is 37.2 Å². The molecule has 29 valence electrons. The summed E-state index contributed by atoms with van der Waals surface area (Å²) in [6.07, 6.45) is 0. The number of rotatable bonds is 0.